The predicted octanol–water partition coefficient (Wildman–Crippen LogP) is 1.54. The molecule has 0 aliphatic heterocycles. The Balaban J connectivity index is 2.78. The Bertz CT molecular complexity index is 1120. The van der Waals surface area contributed by atoms with Crippen molar-refractivity contribution in [2.45, 2.75) is 9.79 Å². The minimum Gasteiger partial charge on any atom is -0.378 e. The Morgan fingerprint density at radius 2 is 1.29 bits per heavy atom. The Morgan fingerprint density at radius 3 is 1.68 bits per heavy atom. The van der Waals surface area contributed by atoms with Crippen molar-refractivity contribution in [2.24, 2.45) is 0 Å². The largest absolute Gasteiger partial charge is 0.378 e. The average molecular weight is 428 g/mol. The zero-order valence-electron chi connectivity index (χ0n) is 15.6. The van der Waals surface area contributed by atoms with Gasteiger partial charge in [0.25, 0.3) is 20.2 Å². The first-order valence-corrected chi connectivity index (χ1v) is 10.7. The van der Waals surface area contributed by atoms with Gasteiger partial charge in [0.1, 0.15) is 9.79 Å². The summed E-state index contributed by atoms with van der Waals surface area (Å²) in [5, 5.41) is 0. The van der Waals surface area contributed by atoms with Crippen molar-refractivity contribution < 1.29 is 30.7 Å². The molecule has 2 N–H and O–H groups in total. The van der Waals surface area contributed by atoms with Crippen molar-refractivity contribution in [2.75, 3.05) is 38.0 Å². The molecule has 0 bridgehead atoms. The Hall–Kier alpha value is -2.47. The molecule has 0 aromatic heterocycles. The summed E-state index contributed by atoms with van der Waals surface area (Å²) in [6, 6.07) is 7.71. The molecular weight excluding hydrogens is 408 g/mol. The van der Waals surface area contributed by atoms with Gasteiger partial charge in [-0.15, -0.1) is 0 Å². The van der Waals surface area contributed by atoms with Crippen molar-refractivity contribution in [3.63, 3.8) is 0 Å². The first-order chi connectivity index (χ1) is 12.7. The number of anilines is 2. The minimum atomic E-state index is -4.86. The maximum Gasteiger partial charge on any atom is 0.296 e. The summed E-state index contributed by atoms with van der Waals surface area (Å²) in [4.78, 5) is 14.5. The third-order valence-corrected chi connectivity index (χ3v) is 5.77. The summed E-state index contributed by atoms with van der Waals surface area (Å²) < 4.78 is 66.2. The summed E-state index contributed by atoms with van der Waals surface area (Å²) in [6.45, 7) is 0. The van der Waals surface area contributed by atoms with E-state index < -0.39 is 41.4 Å². The van der Waals surface area contributed by atoms with Crippen LogP contribution >= 0.6 is 0 Å². The summed E-state index contributed by atoms with van der Waals surface area (Å²) in [6.07, 6.45) is 0. The number of carbonyl (C=O) groups is 1. The molecule has 2 aromatic carbocycles. The second kappa shape index (κ2) is 7.51. The lowest BCUT2D eigenvalue weighted by Crippen LogP contribution is -2.18. The highest BCUT2D eigenvalue weighted by atomic mass is 32.2. The molecule has 152 valence electrons. The summed E-state index contributed by atoms with van der Waals surface area (Å²) in [5.41, 5.74) is 0.0930. The van der Waals surface area contributed by atoms with Crippen molar-refractivity contribution in [1.82, 2.24) is 0 Å². The normalized spacial score (nSPS) is 11.9. The van der Waals surface area contributed by atoms with Crippen LogP contribution in [0.4, 0.5) is 11.4 Å². The van der Waals surface area contributed by atoms with Crippen molar-refractivity contribution in [1.29, 1.82) is 0 Å². The summed E-state index contributed by atoms with van der Waals surface area (Å²) in [7, 11) is -3.21. The monoisotopic (exact) mass is 428 g/mol. The molecule has 0 aliphatic rings. The molecule has 0 unspecified atom stereocenters. The Labute approximate surface area is 163 Å². The van der Waals surface area contributed by atoms with Crippen molar-refractivity contribution in [3.05, 3.63) is 47.5 Å². The molecule has 0 atom stereocenters. The number of rotatable bonds is 6. The van der Waals surface area contributed by atoms with Crippen LogP contribution in [0.3, 0.4) is 0 Å². The molecule has 0 saturated heterocycles. The summed E-state index contributed by atoms with van der Waals surface area (Å²) in [5.74, 6) is -0.826. The van der Waals surface area contributed by atoms with Gasteiger partial charge < -0.3 is 9.80 Å². The number of benzene rings is 2. The lowest BCUT2D eigenvalue weighted by molar-refractivity contribution is 0.103. The van der Waals surface area contributed by atoms with Gasteiger partial charge in [0.15, 0.2) is 5.78 Å². The second-order valence-electron chi connectivity index (χ2n) is 6.43. The van der Waals surface area contributed by atoms with Crippen LogP contribution < -0.4 is 9.80 Å². The molecule has 0 fully saturated rings. The van der Waals surface area contributed by atoms with Crippen LogP contribution in [0.2, 0.25) is 0 Å². The molecule has 0 radical (unpaired) electrons. The predicted molar refractivity (Wildman–Crippen MR) is 105 cm³/mol. The smallest absolute Gasteiger partial charge is 0.296 e. The molecule has 0 amide bonds. The molecule has 0 spiro atoms. The third-order valence-electron chi connectivity index (χ3n) is 3.99. The summed E-state index contributed by atoms with van der Waals surface area (Å²) >= 11 is 0. The lowest BCUT2D eigenvalue weighted by Gasteiger charge is -2.19. The highest BCUT2D eigenvalue weighted by Gasteiger charge is 2.28. The van der Waals surface area contributed by atoms with E-state index in [1.165, 1.54) is 31.1 Å². The van der Waals surface area contributed by atoms with Crippen LogP contribution in [0.1, 0.15) is 15.9 Å². The number of hydrogen-bond donors (Lipinski definition) is 2. The average Bonchev–Trinajstić information content (AvgIpc) is 2.58. The van der Waals surface area contributed by atoms with E-state index in [1.807, 2.05) is 0 Å². The molecule has 0 saturated carbocycles. The second-order valence-corrected chi connectivity index (χ2v) is 9.21. The number of hydrogen-bond acceptors (Lipinski definition) is 7. The van der Waals surface area contributed by atoms with Gasteiger partial charge in [0, 0.05) is 45.0 Å². The zero-order valence-corrected chi connectivity index (χ0v) is 17.2. The minimum absolute atomic E-state index is 0.0781. The SMILES string of the molecule is CN(C)c1ccc(C(=O)c2cc(S(=O)(=O)O)c(N(C)C)cc2S(=O)(=O)O)cc1. The Kier molecular flexibility index (Phi) is 5.85. The molecule has 2 aromatic rings. The highest BCUT2D eigenvalue weighted by molar-refractivity contribution is 7.86. The van der Waals surface area contributed by atoms with Crippen molar-refractivity contribution in [3.8, 4) is 0 Å². The van der Waals surface area contributed by atoms with Gasteiger partial charge >= 0.3 is 0 Å². The molecular formula is C17H20N2O7S2. The quantitative estimate of drug-likeness (QED) is 0.519. The molecule has 2 rings (SSSR count). The van der Waals surface area contributed by atoms with Crippen LogP contribution in [0.25, 0.3) is 0 Å². The van der Waals surface area contributed by atoms with E-state index in [-0.39, 0.29) is 11.3 Å². The van der Waals surface area contributed by atoms with E-state index in [1.54, 1.807) is 31.1 Å². The van der Waals surface area contributed by atoms with E-state index >= 15 is 0 Å². The topological polar surface area (TPSA) is 132 Å². The van der Waals surface area contributed by atoms with Crippen LogP contribution in [-0.2, 0) is 20.2 Å². The van der Waals surface area contributed by atoms with Gasteiger partial charge in [0.05, 0.1) is 5.69 Å². The van der Waals surface area contributed by atoms with Crippen LogP contribution in [0, 0.1) is 0 Å². The van der Waals surface area contributed by atoms with Gasteiger partial charge in [-0.3, -0.25) is 13.9 Å². The fraction of sp³-hybridized carbons (Fsp3) is 0.235. The van der Waals surface area contributed by atoms with Crippen LogP contribution in [-0.4, -0.2) is 59.9 Å². The molecule has 0 heterocycles. The standard InChI is InChI=1S/C17H20N2O7S2/c1-18(2)12-7-5-11(6-8-12)17(20)13-9-16(28(24,25)26)14(19(3)4)10-15(13)27(21,22)23/h5-10H,1-4H3,(H,21,22,23)(H,24,25,26). The molecule has 11 heteroatoms. The number of nitrogens with zero attached hydrogens (tertiary/aromatic N) is 2. The molecule has 0 aliphatic carbocycles. The fourth-order valence-electron chi connectivity index (χ4n) is 2.56. The van der Waals surface area contributed by atoms with Crippen molar-refractivity contribution >= 4 is 37.4 Å². The van der Waals surface area contributed by atoms with Gasteiger partial charge in [-0.05, 0) is 36.4 Å². The van der Waals surface area contributed by atoms with Gasteiger partial charge in [-0.25, -0.2) is 0 Å². The first-order valence-electron chi connectivity index (χ1n) is 7.86. The van der Waals surface area contributed by atoms with Crippen LogP contribution in [0.5, 0.6) is 0 Å². The van der Waals surface area contributed by atoms with E-state index in [9.17, 15) is 30.7 Å². The maximum atomic E-state index is 12.9. The van der Waals surface area contributed by atoms with Gasteiger partial charge in [-0.1, -0.05) is 0 Å². The van der Waals surface area contributed by atoms with E-state index in [0.29, 0.717) is 0 Å². The maximum absolute atomic E-state index is 12.9. The van der Waals surface area contributed by atoms with E-state index in [4.69, 9.17) is 0 Å². The number of carbonyl (C=O) groups excluding carboxylic acids is 1. The zero-order chi connectivity index (χ0) is 21.4. The van der Waals surface area contributed by atoms with Crippen LogP contribution in [0.15, 0.2) is 46.2 Å². The molecule has 28 heavy (non-hydrogen) atoms. The first kappa shape index (κ1) is 21.8. The van der Waals surface area contributed by atoms with Gasteiger partial charge in [-0.2, -0.15) is 16.8 Å². The number of ketones is 1. The molecule has 9 nitrogen and oxygen atoms in total. The van der Waals surface area contributed by atoms with E-state index in [0.717, 1.165) is 17.8 Å². The fourth-order valence-corrected chi connectivity index (χ4v) is 4.03. The lowest BCUT2D eigenvalue weighted by atomic mass is 10.0. The Morgan fingerprint density at radius 1 is 0.786 bits per heavy atom. The van der Waals surface area contributed by atoms with Gasteiger partial charge in [0.2, 0.25) is 0 Å². The third kappa shape index (κ3) is 4.50. The van der Waals surface area contributed by atoms with E-state index in [2.05, 4.69) is 0 Å². The highest BCUT2D eigenvalue weighted by Crippen LogP contribution is 2.31.